The first-order valence-corrected chi connectivity index (χ1v) is 16.0. The number of nitrogens with zero attached hydrogens (tertiary/aromatic N) is 3. The Morgan fingerprint density at radius 2 is 1.79 bits per heavy atom. The number of hydrogen-bond donors (Lipinski definition) is 1. The van der Waals surface area contributed by atoms with Crippen LogP contribution in [0.3, 0.4) is 0 Å². The average Bonchev–Trinajstić information content (AvgIpc) is 3.29. The maximum Gasteiger partial charge on any atom is 0.304 e. The van der Waals surface area contributed by atoms with Gasteiger partial charge in [0.2, 0.25) is 0 Å². The minimum Gasteiger partial charge on any atom is -0.358 e. The predicted molar refractivity (Wildman–Crippen MR) is 143 cm³/mol. The van der Waals surface area contributed by atoms with Crippen molar-refractivity contribution in [2.24, 2.45) is 0 Å². The van der Waals surface area contributed by atoms with Gasteiger partial charge in [0.1, 0.15) is 0 Å². The number of anilines is 1. The second-order valence-electron chi connectivity index (χ2n) is 10.4. The van der Waals surface area contributed by atoms with Crippen LogP contribution in [-0.4, -0.2) is 69.5 Å². The van der Waals surface area contributed by atoms with Crippen molar-refractivity contribution in [3.63, 3.8) is 0 Å². The zero-order chi connectivity index (χ0) is 27.4. The number of rotatable bonds is 6. The van der Waals surface area contributed by atoms with Gasteiger partial charge in [-0.1, -0.05) is 0 Å². The third-order valence-corrected chi connectivity index (χ3v) is 10.8. The van der Waals surface area contributed by atoms with Crippen molar-refractivity contribution >= 4 is 36.6 Å². The van der Waals surface area contributed by atoms with Crippen molar-refractivity contribution in [3.05, 3.63) is 59.3 Å². The number of aromatic nitrogens is 1. The van der Waals surface area contributed by atoms with Crippen LogP contribution in [0.4, 0.5) is 14.5 Å². The van der Waals surface area contributed by atoms with Gasteiger partial charge < -0.3 is 9.88 Å². The van der Waals surface area contributed by atoms with E-state index in [0.29, 0.717) is 23.2 Å². The molecule has 2 aliphatic heterocycles. The number of fused-ring (bicyclic) bond motifs is 2. The van der Waals surface area contributed by atoms with E-state index in [1.54, 1.807) is 38.2 Å². The maximum atomic E-state index is 14.1. The van der Waals surface area contributed by atoms with E-state index in [0.717, 1.165) is 43.8 Å². The first kappa shape index (κ1) is 27.0. The lowest BCUT2D eigenvalue weighted by Crippen LogP contribution is -2.52. The molecule has 1 fully saturated rings. The Bertz CT molecular complexity index is 1580. The highest BCUT2D eigenvalue weighted by Crippen LogP contribution is 2.36. The number of halogens is 2. The molecule has 1 saturated heterocycles. The summed E-state index contributed by atoms with van der Waals surface area (Å²) in [4.78, 5) is 5.25. The van der Waals surface area contributed by atoms with Gasteiger partial charge in [0, 0.05) is 43.5 Å². The monoisotopic (exact) mass is 566 g/mol. The van der Waals surface area contributed by atoms with Gasteiger partial charge in [0.05, 0.1) is 16.1 Å². The van der Waals surface area contributed by atoms with E-state index >= 15 is 0 Å². The summed E-state index contributed by atoms with van der Waals surface area (Å²) in [6.45, 7) is 5.95. The van der Waals surface area contributed by atoms with Gasteiger partial charge in [-0.05, 0) is 87.2 Å². The van der Waals surface area contributed by atoms with E-state index in [9.17, 15) is 25.6 Å². The average molecular weight is 567 g/mol. The number of aromatic amines is 1. The van der Waals surface area contributed by atoms with Crippen molar-refractivity contribution in [2.45, 2.75) is 50.1 Å². The number of nitrogens with one attached hydrogen (secondary N) is 1. The fraction of sp³-hybridized carbons (Fsp3) is 0.462. The molecule has 206 valence electrons. The molecule has 3 heterocycles. The second kappa shape index (κ2) is 9.89. The lowest BCUT2D eigenvalue weighted by atomic mass is 9.89. The van der Waals surface area contributed by atoms with Gasteiger partial charge in [-0.3, -0.25) is 4.31 Å². The molecule has 3 aromatic rings. The quantitative estimate of drug-likeness (QED) is 0.487. The first-order valence-electron chi connectivity index (χ1n) is 12.7. The molecule has 8 nitrogen and oxygen atoms in total. The number of sulfone groups is 1. The van der Waals surface area contributed by atoms with E-state index in [1.165, 1.54) is 14.7 Å². The highest BCUT2D eigenvalue weighted by Gasteiger charge is 2.38. The van der Waals surface area contributed by atoms with Crippen LogP contribution in [0.15, 0.2) is 41.4 Å². The Kier molecular flexibility index (Phi) is 7.04. The second-order valence-corrected chi connectivity index (χ2v) is 14.2. The Labute approximate surface area is 222 Å². The van der Waals surface area contributed by atoms with Crippen molar-refractivity contribution < 1.29 is 25.6 Å². The molecule has 38 heavy (non-hydrogen) atoms. The van der Waals surface area contributed by atoms with Gasteiger partial charge in [-0.2, -0.15) is 12.7 Å². The molecule has 12 heteroatoms. The molecule has 0 radical (unpaired) electrons. The van der Waals surface area contributed by atoms with Gasteiger partial charge in [0.15, 0.2) is 21.5 Å². The summed E-state index contributed by atoms with van der Waals surface area (Å²) >= 11 is 0. The molecule has 2 aliphatic rings. The summed E-state index contributed by atoms with van der Waals surface area (Å²) < 4.78 is 81.7. The van der Waals surface area contributed by atoms with Crippen LogP contribution in [-0.2, 0) is 26.6 Å². The fourth-order valence-electron chi connectivity index (χ4n) is 5.55. The molecule has 5 rings (SSSR count). The highest BCUT2D eigenvalue weighted by atomic mass is 32.2. The third-order valence-electron chi connectivity index (χ3n) is 7.65. The van der Waals surface area contributed by atoms with Crippen LogP contribution >= 0.6 is 0 Å². The summed E-state index contributed by atoms with van der Waals surface area (Å²) in [5, 5.41) is 0.695. The summed E-state index contributed by atoms with van der Waals surface area (Å²) in [5.74, 6) is -1.55. The van der Waals surface area contributed by atoms with Crippen LogP contribution in [0.25, 0.3) is 10.9 Å². The molecule has 0 aliphatic carbocycles. The number of H-pyrrole nitrogens is 1. The van der Waals surface area contributed by atoms with Crippen LogP contribution in [0, 0.1) is 11.6 Å². The van der Waals surface area contributed by atoms with Crippen LogP contribution < -0.4 is 4.31 Å². The molecular weight excluding hydrogens is 534 g/mol. The van der Waals surface area contributed by atoms with Gasteiger partial charge in [-0.15, -0.1) is 0 Å². The third kappa shape index (κ3) is 4.83. The fourth-order valence-corrected chi connectivity index (χ4v) is 8.04. The molecule has 1 N–H and O–H groups in total. The first-order chi connectivity index (χ1) is 17.9. The van der Waals surface area contributed by atoms with Crippen LogP contribution in [0.1, 0.15) is 43.7 Å². The topological polar surface area (TPSA) is 93.8 Å². The van der Waals surface area contributed by atoms with E-state index in [1.807, 2.05) is 0 Å². The zero-order valence-corrected chi connectivity index (χ0v) is 23.2. The van der Waals surface area contributed by atoms with Crippen molar-refractivity contribution in [2.75, 3.05) is 36.7 Å². The van der Waals surface area contributed by atoms with Crippen LogP contribution in [0.2, 0.25) is 0 Å². The van der Waals surface area contributed by atoms with E-state index in [2.05, 4.69) is 9.88 Å². The molecule has 2 aromatic carbocycles. The zero-order valence-electron chi connectivity index (χ0n) is 21.6. The summed E-state index contributed by atoms with van der Waals surface area (Å²) in [7, 11) is -7.21. The number of benzene rings is 2. The SMILES string of the molecule is CC(C)N1Cc2cc(S(C)(=O)=O)ccc2N(CCN2CCC(c3c[nH]c4c(F)c(F)ccc34)CC2)S1(=O)=O. The Hall–Kier alpha value is -2.54. The van der Waals surface area contributed by atoms with E-state index in [4.69, 9.17) is 0 Å². The van der Waals surface area contributed by atoms with Gasteiger partial charge >= 0.3 is 10.2 Å². The number of piperidine rings is 1. The van der Waals surface area contributed by atoms with Crippen molar-refractivity contribution in [1.29, 1.82) is 0 Å². The lowest BCUT2D eigenvalue weighted by molar-refractivity contribution is 0.217. The van der Waals surface area contributed by atoms with Crippen LogP contribution in [0.5, 0.6) is 0 Å². The summed E-state index contributed by atoms with van der Waals surface area (Å²) in [6.07, 6.45) is 4.52. The molecular formula is C26H32F2N4O4S2. The van der Waals surface area contributed by atoms with Crippen molar-refractivity contribution in [1.82, 2.24) is 14.2 Å². The normalized spacial score (nSPS) is 19.4. The molecule has 0 spiro atoms. The van der Waals surface area contributed by atoms with E-state index in [-0.39, 0.29) is 35.5 Å². The molecule has 1 aromatic heterocycles. The van der Waals surface area contributed by atoms with Crippen molar-refractivity contribution in [3.8, 4) is 0 Å². The number of likely N-dealkylation sites (tertiary alicyclic amines) is 1. The molecule has 0 atom stereocenters. The molecule has 0 amide bonds. The molecule has 0 saturated carbocycles. The Balaban J connectivity index is 1.31. The summed E-state index contributed by atoms with van der Waals surface area (Å²) in [5.41, 5.74) is 2.33. The largest absolute Gasteiger partial charge is 0.358 e. The standard InChI is InChI=1S/C26H32F2N4O4S2/c1-17(2)32-16-19-14-20(37(3,33)34)4-7-24(19)31(38(32,35)36)13-12-30-10-8-18(9-11-30)22-15-29-26-21(22)5-6-23(27)25(26)28/h4-7,14-15,17-18,29H,8-13,16H2,1-3H3. The minimum absolute atomic E-state index is 0.121. The number of hydrogen-bond acceptors (Lipinski definition) is 5. The Morgan fingerprint density at radius 1 is 1.08 bits per heavy atom. The molecule has 0 unspecified atom stereocenters. The van der Waals surface area contributed by atoms with E-state index < -0.39 is 31.7 Å². The summed E-state index contributed by atoms with van der Waals surface area (Å²) in [6, 6.07) is 7.10. The lowest BCUT2D eigenvalue weighted by Gasteiger charge is -2.40. The smallest absolute Gasteiger partial charge is 0.304 e. The maximum absolute atomic E-state index is 14.1. The Morgan fingerprint density at radius 3 is 2.45 bits per heavy atom. The van der Waals surface area contributed by atoms with Gasteiger partial charge in [0.25, 0.3) is 0 Å². The predicted octanol–water partition coefficient (Wildman–Crippen LogP) is 4.00. The highest BCUT2D eigenvalue weighted by molar-refractivity contribution is 7.91. The van der Waals surface area contributed by atoms with Gasteiger partial charge in [-0.25, -0.2) is 17.2 Å². The minimum atomic E-state index is -3.78. The molecule has 0 bridgehead atoms.